The third-order valence-electron chi connectivity index (χ3n) is 2.70. The van der Waals surface area contributed by atoms with Gasteiger partial charge in [-0.15, -0.1) is 0 Å². The number of fused-ring (bicyclic) bond motifs is 1. The van der Waals surface area contributed by atoms with Crippen LogP contribution in [0.2, 0.25) is 0 Å². The molecule has 0 aromatic rings. The predicted octanol–water partition coefficient (Wildman–Crippen LogP) is 1.09. The fourth-order valence-electron chi connectivity index (χ4n) is 2.08. The largest absolute Gasteiger partial charge is 0.455 e. The Morgan fingerprint density at radius 1 is 1.53 bits per heavy atom. The summed E-state index contributed by atoms with van der Waals surface area (Å²) in [6.07, 6.45) is -0.883. The van der Waals surface area contributed by atoms with Gasteiger partial charge in [0.1, 0.15) is 24.4 Å². The second kappa shape index (κ2) is 4.35. The number of halogens is 1. The number of rotatable bonds is 1. The summed E-state index contributed by atoms with van der Waals surface area (Å²) in [4.78, 5) is 10.9. The molecule has 0 unspecified atom stereocenters. The molecule has 0 amide bonds. The van der Waals surface area contributed by atoms with Crippen molar-refractivity contribution in [1.29, 1.82) is 0 Å². The van der Waals surface area contributed by atoms with Crippen LogP contribution in [0, 0.1) is 0 Å². The van der Waals surface area contributed by atoms with E-state index in [2.05, 4.69) is 15.9 Å². The molecule has 0 aromatic carbocycles. The van der Waals surface area contributed by atoms with Crippen molar-refractivity contribution in [2.45, 2.75) is 51.0 Å². The fraction of sp³-hybridized carbons (Fsp3) is 0.727. The summed E-state index contributed by atoms with van der Waals surface area (Å²) in [7, 11) is 0. The van der Waals surface area contributed by atoms with Gasteiger partial charge in [0.25, 0.3) is 0 Å². The molecule has 1 fully saturated rings. The number of esters is 1. The van der Waals surface area contributed by atoms with E-state index < -0.39 is 30.1 Å². The maximum atomic E-state index is 10.9. The summed E-state index contributed by atoms with van der Waals surface area (Å²) < 4.78 is 17.0. The fourth-order valence-corrected chi connectivity index (χ4v) is 2.70. The molecule has 0 bridgehead atoms. The molecule has 17 heavy (non-hydrogen) atoms. The van der Waals surface area contributed by atoms with Gasteiger partial charge < -0.3 is 19.3 Å². The molecule has 6 heteroatoms. The first-order valence-corrected chi connectivity index (χ1v) is 6.17. The van der Waals surface area contributed by atoms with Crippen molar-refractivity contribution in [3.05, 3.63) is 10.6 Å². The van der Waals surface area contributed by atoms with Crippen molar-refractivity contribution in [3.63, 3.8) is 0 Å². The van der Waals surface area contributed by atoms with Crippen LogP contribution in [0.5, 0.6) is 0 Å². The van der Waals surface area contributed by atoms with E-state index in [9.17, 15) is 9.90 Å². The van der Waals surface area contributed by atoms with E-state index in [4.69, 9.17) is 14.2 Å². The van der Waals surface area contributed by atoms with E-state index in [1.54, 1.807) is 19.9 Å². The molecule has 96 valence electrons. The molecular weight excluding hydrogens is 292 g/mol. The molecule has 1 N–H and O–H groups in total. The normalized spacial score (nSPS) is 39.5. The summed E-state index contributed by atoms with van der Waals surface area (Å²) in [5.74, 6) is -1.20. The first-order valence-electron chi connectivity index (χ1n) is 5.38. The van der Waals surface area contributed by atoms with Crippen molar-refractivity contribution in [2.24, 2.45) is 0 Å². The van der Waals surface area contributed by atoms with Gasteiger partial charge in [-0.05, 0) is 19.9 Å². The minimum absolute atomic E-state index is 0.355. The van der Waals surface area contributed by atoms with Crippen molar-refractivity contribution in [1.82, 2.24) is 0 Å². The van der Waals surface area contributed by atoms with E-state index in [0.717, 1.165) is 4.48 Å². The van der Waals surface area contributed by atoms with Crippen molar-refractivity contribution in [2.75, 3.05) is 0 Å². The second-order valence-corrected chi connectivity index (χ2v) is 5.55. The number of hydrogen-bond acceptors (Lipinski definition) is 5. The van der Waals surface area contributed by atoms with E-state index in [1.165, 1.54) is 6.92 Å². The van der Waals surface area contributed by atoms with Crippen LogP contribution in [0.15, 0.2) is 10.6 Å². The zero-order valence-corrected chi connectivity index (χ0v) is 11.4. The van der Waals surface area contributed by atoms with E-state index in [0.29, 0.717) is 0 Å². The summed E-state index contributed by atoms with van der Waals surface area (Å²) in [6, 6.07) is 0. The van der Waals surface area contributed by atoms with Crippen molar-refractivity contribution in [3.8, 4) is 0 Å². The molecule has 1 heterocycles. The molecule has 1 aliphatic carbocycles. The van der Waals surface area contributed by atoms with Gasteiger partial charge in [0.2, 0.25) is 0 Å². The van der Waals surface area contributed by atoms with Crippen molar-refractivity contribution < 1.29 is 24.1 Å². The number of carbonyl (C=O) groups excluding carboxylic acids is 1. The zero-order valence-electron chi connectivity index (χ0n) is 9.84. The molecule has 0 saturated carbocycles. The lowest BCUT2D eigenvalue weighted by Crippen LogP contribution is -2.47. The molecule has 0 radical (unpaired) electrons. The first kappa shape index (κ1) is 13.0. The summed E-state index contributed by atoms with van der Waals surface area (Å²) >= 11 is 3.36. The molecule has 4 atom stereocenters. The van der Waals surface area contributed by atoms with Gasteiger partial charge in [-0.25, -0.2) is 0 Å². The van der Waals surface area contributed by atoms with E-state index in [-0.39, 0.29) is 6.10 Å². The first-order chi connectivity index (χ1) is 7.80. The monoisotopic (exact) mass is 306 g/mol. The Bertz CT molecular complexity index is 365. The Balaban J connectivity index is 2.21. The van der Waals surface area contributed by atoms with Gasteiger partial charge in [-0.1, -0.05) is 15.9 Å². The smallest absolute Gasteiger partial charge is 0.303 e. The van der Waals surface area contributed by atoms with Crippen LogP contribution in [0.3, 0.4) is 0 Å². The summed E-state index contributed by atoms with van der Waals surface area (Å²) in [6.45, 7) is 4.86. The highest BCUT2D eigenvalue weighted by Gasteiger charge is 2.51. The Kier molecular flexibility index (Phi) is 3.33. The topological polar surface area (TPSA) is 65.0 Å². The maximum Gasteiger partial charge on any atom is 0.303 e. The van der Waals surface area contributed by atoms with Crippen LogP contribution in [0.25, 0.3) is 0 Å². The number of ether oxygens (including phenoxy) is 3. The quantitative estimate of drug-likeness (QED) is 0.735. The van der Waals surface area contributed by atoms with Crippen LogP contribution >= 0.6 is 15.9 Å². The molecule has 0 aromatic heterocycles. The number of hydrogen-bond donors (Lipinski definition) is 1. The zero-order chi connectivity index (χ0) is 12.8. The highest BCUT2D eigenvalue weighted by Crippen LogP contribution is 2.40. The van der Waals surface area contributed by atoms with Crippen LogP contribution in [-0.2, 0) is 19.0 Å². The van der Waals surface area contributed by atoms with E-state index in [1.807, 2.05) is 0 Å². The average molecular weight is 307 g/mol. The van der Waals surface area contributed by atoms with Gasteiger partial charge in [0.05, 0.1) is 0 Å². The van der Waals surface area contributed by atoms with Crippen molar-refractivity contribution >= 4 is 21.9 Å². The summed E-state index contributed by atoms with van der Waals surface area (Å²) in [5, 5.41) is 10.1. The molecule has 5 nitrogen and oxygen atoms in total. The van der Waals surface area contributed by atoms with Gasteiger partial charge in [-0.2, -0.15) is 0 Å². The lowest BCUT2D eigenvalue weighted by molar-refractivity contribution is -0.167. The van der Waals surface area contributed by atoms with E-state index >= 15 is 0 Å². The lowest BCUT2D eigenvalue weighted by Gasteiger charge is -2.31. The van der Waals surface area contributed by atoms with Crippen LogP contribution < -0.4 is 0 Å². The third-order valence-corrected chi connectivity index (χ3v) is 3.42. The van der Waals surface area contributed by atoms with Gasteiger partial charge in [0, 0.05) is 11.4 Å². The standard InChI is InChI=1S/C11H15BrO5/c1-5(13)15-7-4-6(12)9-10(8(7)14)17-11(2,3)16-9/h4,7-10,14H,1-3H3/t7-,8+,9+,10-/m0/s1. The van der Waals surface area contributed by atoms with Gasteiger partial charge in [0.15, 0.2) is 5.79 Å². The Hall–Kier alpha value is -0.430. The minimum atomic E-state index is -0.924. The Labute approximate surface area is 108 Å². The Morgan fingerprint density at radius 3 is 2.76 bits per heavy atom. The number of carbonyl (C=O) groups is 1. The van der Waals surface area contributed by atoms with Crippen LogP contribution in [-0.4, -0.2) is 41.3 Å². The third kappa shape index (κ3) is 2.54. The molecule has 1 aliphatic heterocycles. The highest BCUT2D eigenvalue weighted by molar-refractivity contribution is 9.11. The molecule has 2 aliphatic rings. The predicted molar refractivity (Wildman–Crippen MR) is 62.4 cm³/mol. The molecular formula is C11H15BrO5. The molecule has 0 spiro atoms. The highest BCUT2D eigenvalue weighted by atomic mass is 79.9. The number of aliphatic hydroxyl groups excluding tert-OH is 1. The summed E-state index contributed by atoms with van der Waals surface area (Å²) in [5.41, 5.74) is 0. The van der Waals surface area contributed by atoms with Crippen LogP contribution in [0.1, 0.15) is 20.8 Å². The minimum Gasteiger partial charge on any atom is -0.455 e. The second-order valence-electron chi connectivity index (χ2n) is 4.64. The van der Waals surface area contributed by atoms with Crippen LogP contribution in [0.4, 0.5) is 0 Å². The lowest BCUT2D eigenvalue weighted by atomic mass is 9.96. The molecule has 2 rings (SSSR count). The maximum absolute atomic E-state index is 10.9. The number of aliphatic hydroxyl groups is 1. The van der Waals surface area contributed by atoms with Gasteiger partial charge in [-0.3, -0.25) is 4.79 Å². The Morgan fingerprint density at radius 2 is 2.18 bits per heavy atom. The SMILES string of the molecule is CC(=O)O[C@H]1C=C(Br)[C@H]2OC(C)(C)O[C@H]2[C@@H]1O. The van der Waals surface area contributed by atoms with Gasteiger partial charge >= 0.3 is 5.97 Å². The average Bonchev–Trinajstić information content (AvgIpc) is 2.50. The molecule has 1 saturated heterocycles.